The van der Waals surface area contributed by atoms with Gasteiger partial charge in [0.1, 0.15) is 11.7 Å². The van der Waals surface area contributed by atoms with Crippen molar-refractivity contribution in [2.75, 3.05) is 0 Å². The van der Waals surface area contributed by atoms with Gasteiger partial charge in [0.15, 0.2) is 0 Å². The molecule has 17 heavy (non-hydrogen) atoms. The van der Waals surface area contributed by atoms with Gasteiger partial charge >= 0.3 is 6.03 Å². The lowest BCUT2D eigenvalue weighted by Gasteiger charge is -2.20. The molecule has 1 heterocycles. The second kappa shape index (κ2) is 4.32. The molecule has 5 nitrogen and oxygen atoms in total. The zero-order valence-corrected chi connectivity index (χ0v) is 8.70. The average Bonchev–Trinajstić information content (AvgIpc) is 2.25. The standard InChI is InChI=1S/C11H9FN2O3/c12-8-4-2-1-3-6(8)5-7-9(15)13-11(17)14-10(7)16/h1-4,7H,5H2,(H2,13,14,15,16,17). The lowest BCUT2D eigenvalue weighted by molar-refractivity contribution is -0.135. The first-order chi connectivity index (χ1) is 8.08. The van der Waals surface area contributed by atoms with E-state index in [0.717, 1.165) is 0 Å². The van der Waals surface area contributed by atoms with Crippen molar-refractivity contribution in [3.63, 3.8) is 0 Å². The van der Waals surface area contributed by atoms with Crippen LogP contribution < -0.4 is 10.6 Å². The molecule has 1 saturated heterocycles. The van der Waals surface area contributed by atoms with Gasteiger partial charge in [-0.25, -0.2) is 9.18 Å². The Morgan fingerprint density at radius 3 is 2.24 bits per heavy atom. The molecule has 0 saturated carbocycles. The summed E-state index contributed by atoms with van der Waals surface area (Å²) in [6.45, 7) is 0. The molecule has 6 heteroatoms. The van der Waals surface area contributed by atoms with Crippen LogP contribution in [0.2, 0.25) is 0 Å². The number of urea groups is 1. The van der Waals surface area contributed by atoms with Crippen LogP contribution in [-0.2, 0) is 16.0 Å². The van der Waals surface area contributed by atoms with Crippen molar-refractivity contribution in [3.05, 3.63) is 35.6 Å². The second-order valence-electron chi connectivity index (χ2n) is 3.66. The highest BCUT2D eigenvalue weighted by atomic mass is 19.1. The van der Waals surface area contributed by atoms with E-state index >= 15 is 0 Å². The normalized spacial score (nSPS) is 16.6. The molecule has 0 aliphatic carbocycles. The number of imide groups is 2. The van der Waals surface area contributed by atoms with Crippen molar-refractivity contribution in [3.8, 4) is 0 Å². The van der Waals surface area contributed by atoms with Crippen LogP contribution in [-0.4, -0.2) is 17.8 Å². The highest BCUT2D eigenvalue weighted by molar-refractivity contribution is 6.16. The summed E-state index contributed by atoms with van der Waals surface area (Å²) in [6.07, 6.45) is -0.0718. The van der Waals surface area contributed by atoms with E-state index in [-0.39, 0.29) is 12.0 Å². The zero-order valence-electron chi connectivity index (χ0n) is 8.70. The van der Waals surface area contributed by atoms with Gasteiger partial charge in [-0.05, 0) is 18.1 Å². The minimum absolute atomic E-state index is 0.0718. The minimum atomic E-state index is -1.08. The summed E-state index contributed by atoms with van der Waals surface area (Å²) in [6, 6.07) is 5.03. The molecular formula is C11H9FN2O3. The lowest BCUT2D eigenvalue weighted by Crippen LogP contribution is -2.56. The Balaban J connectivity index is 2.19. The van der Waals surface area contributed by atoms with Gasteiger partial charge in [0.25, 0.3) is 0 Å². The van der Waals surface area contributed by atoms with Gasteiger partial charge in [0.2, 0.25) is 11.8 Å². The van der Waals surface area contributed by atoms with Gasteiger partial charge in [-0.15, -0.1) is 0 Å². The van der Waals surface area contributed by atoms with Crippen molar-refractivity contribution in [1.29, 1.82) is 0 Å². The SMILES string of the molecule is O=C1NC(=O)C(Cc2ccccc2F)C(=O)N1. The first-order valence-corrected chi connectivity index (χ1v) is 4.97. The summed E-state index contributed by atoms with van der Waals surface area (Å²) in [4.78, 5) is 33.6. The molecule has 0 atom stereocenters. The molecule has 0 unspecified atom stereocenters. The second-order valence-corrected chi connectivity index (χ2v) is 3.66. The summed E-state index contributed by atoms with van der Waals surface area (Å²) in [5.41, 5.74) is 0.261. The van der Waals surface area contributed by atoms with E-state index in [4.69, 9.17) is 0 Å². The molecule has 4 amide bonds. The van der Waals surface area contributed by atoms with Crippen LogP contribution in [0.1, 0.15) is 5.56 Å². The Morgan fingerprint density at radius 1 is 1.06 bits per heavy atom. The number of halogens is 1. The fraction of sp³-hybridized carbons (Fsp3) is 0.182. The first-order valence-electron chi connectivity index (χ1n) is 4.97. The average molecular weight is 236 g/mol. The van der Waals surface area contributed by atoms with Gasteiger partial charge < -0.3 is 0 Å². The van der Waals surface area contributed by atoms with Crippen LogP contribution in [0.3, 0.4) is 0 Å². The Hall–Kier alpha value is -2.24. The number of carbonyl (C=O) groups excluding carboxylic acids is 3. The molecule has 0 spiro atoms. The van der Waals surface area contributed by atoms with Crippen molar-refractivity contribution in [2.24, 2.45) is 5.92 Å². The maximum absolute atomic E-state index is 13.3. The van der Waals surface area contributed by atoms with Gasteiger partial charge in [-0.3, -0.25) is 20.2 Å². The van der Waals surface area contributed by atoms with Gasteiger partial charge in [0, 0.05) is 0 Å². The third kappa shape index (κ3) is 2.30. The first kappa shape index (κ1) is 11.3. The number of hydrogen-bond acceptors (Lipinski definition) is 3. The summed E-state index contributed by atoms with van der Waals surface area (Å²) in [5, 5.41) is 3.93. The summed E-state index contributed by atoms with van der Waals surface area (Å²) in [5.74, 6) is -2.97. The third-order valence-corrected chi connectivity index (χ3v) is 2.49. The predicted octanol–water partition coefficient (Wildman–Crippen LogP) is 0.350. The van der Waals surface area contributed by atoms with Crippen molar-refractivity contribution >= 4 is 17.8 Å². The van der Waals surface area contributed by atoms with E-state index < -0.39 is 29.6 Å². The molecule has 1 aliphatic heterocycles. The zero-order chi connectivity index (χ0) is 12.4. The van der Waals surface area contributed by atoms with Crippen molar-refractivity contribution < 1.29 is 18.8 Å². The van der Waals surface area contributed by atoms with E-state index in [9.17, 15) is 18.8 Å². The minimum Gasteiger partial charge on any atom is -0.277 e. The Kier molecular flexibility index (Phi) is 2.86. The quantitative estimate of drug-likeness (QED) is 0.727. The summed E-state index contributed by atoms with van der Waals surface area (Å²) >= 11 is 0. The number of amides is 4. The monoisotopic (exact) mass is 236 g/mol. The molecule has 0 aromatic heterocycles. The number of nitrogens with one attached hydrogen (secondary N) is 2. The van der Waals surface area contributed by atoms with Crippen molar-refractivity contribution in [1.82, 2.24) is 10.6 Å². The van der Waals surface area contributed by atoms with Crippen LogP contribution in [0.15, 0.2) is 24.3 Å². The number of barbiturate groups is 1. The summed E-state index contributed by atoms with van der Waals surface area (Å²) < 4.78 is 13.3. The maximum atomic E-state index is 13.3. The Labute approximate surface area is 96.0 Å². The van der Waals surface area contributed by atoms with Crippen molar-refractivity contribution in [2.45, 2.75) is 6.42 Å². The molecule has 0 bridgehead atoms. The van der Waals surface area contributed by atoms with E-state index in [1.54, 1.807) is 6.07 Å². The number of hydrogen-bond donors (Lipinski definition) is 2. The largest absolute Gasteiger partial charge is 0.328 e. The van der Waals surface area contributed by atoms with E-state index in [1.807, 2.05) is 10.6 Å². The van der Waals surface area contributed by atoms with Crippen LogP contribution in [0.4, 0.5) is 9.18 Å². The smallest absolute Gasteiger partial charge is 0.277 e. The lowest BCUT2D eigenvalue weighted by atomic mass is 9.96. The number of carbonyl (C=O) groups is 3. The van der Waals surface area contributed by atoms with E-state index in [0.29, 0.717) is 0 Å². The molecule has 2 rings (SSSR count). The molecule has 1 aromatic rings. The summed E-state index contributed by atoms with van der Waals surface area (Å²) in [7, 11) is 0. The number of benzene rings is 1. The van der Waals surface area contributed by atoms with Crippen LogP contribution in [0.5, 0.6) is 0 Å². The Morgan fingerprint density at radius 2 is 1.65 bits per heavy atom. The fourth-order valence-electron chi connectivity index (χ4n) is 1.62. The van der Waals surface area contributed by atoms with Gasteiger partial charge in [0.05, 0.1) is 0 Å². The molecular weight excluding hydrogens is 227 g/mol. The highest BCUT2D eigenvalue weighted by Gasteiger charge is 2.34. The van der Waals surface area contributed by atoms with Gasteiger partial charge in [-0.1, -0.05) is 18.2 Å². The number of rotatable bonds is 2. The van der Waals surface area contributed by atoms with E-state index in [1.165, 1.54) is 18.2 Å². The van der Waals surface area contributed by atoms with Gasteiger partial charge in [-0.2, -0.15) is 0 Å². The maximum Gasteiger partial charge on any atom is 0.328 e. The van der Waals surface area contributed by atoms with E-state index in [2.05, 4.69) is 0 Å². The molecule has 1 aromatic carbocycles. The highest BCUT2D eigenvalue weighted by Crippen LogP contribution is 2.14. The molecule has 1 fully saturated rings. The topological polar surface area (TPSA) is 75.3 Å². The molecule has 88 valence electrons. The molecule has 1 aliphatic rings. The predicted molar refractivity (Wildman–Crippen MR) is 55.3 cm³/mol. The molecule has 0 radical (unpaired) electrons. The van der Waals surface area contributed by atoms with Crippen LogP contribution in [0, 0.1) is 11.7 Å². The van der Waals surface area contributed by atoms with Crippen LogP contribution in [0.25, 0.3) is 0 Å². The Bertz CT molecular complexity index is 481. The fourth-order valence-corrected chi connectivity index (χ4v) is 1.62. The van der Waals surface area contributed by atoms with Crippen LogP contribution >= 0.6 is 0 Å². The molecule has 2 N–H and O–H groups in total. The third-order valence-electron chi connectivity index (χ3n) is 2.49.